The third-order valence-electron chi connectivity index (χ3n) is 4.95. The van der Waals surface area contributed by atoms with Crippen LogP contribution in [0.3, 0.4) is 0 Å². The van der Waals surface area contributed by atoms with Crippen LogP contribution in [0, 0.1) is 11.8 Å². The van der Waals surface area contributed by atoms with Gasteiger partial charge in [-0.2, -0.15) is 4.31 Å². The van der Waals surface area contributed by atoms with Crippen molar-refractivity contribution in [3.05, 3.63) is 23.8 Å². The maximum absolute atomic E-state index is 12.9. The zero-order valence-corrected chi connectivity index (χ0v) is 14.7. The molecule has 1 atom stereocenters. The third-order valence-corrected chi connectivity index (χ3v) is 6.84. The molecule has 1 fully saturated rings. The number of carbonyl (C=O) groups is 1. The molecule has 2 heterocycles. The third kappa shape index (κ3) is 2.90. The Morgan fingerprint density at radius 3 is 2.48 bits per heavy atom. The van der Waals surface area contributed by atoms with E-state index in [-0.39, 0.29) is 17.7 Å². The molecular formula is C17H24N2O3S. The van der Waals surface area contributed by atoms with Crippen molar-refractivity contribution < 1.29 is 13.2 Å². The largest absolute Gasteiger partial charge is 0.325 e. The van der Waals surface area contributed by atoms with Crippen LogP contribution in [0.4, 0.5) is 5.69 Å². The second-order valence-electron chi connectivity index (χ2n) is 7.05. The van der Waals surface area contributed by atoms with Crippen molar-refractivity contribution in [3.8, 4) is 0 Å². The van der Waals surface area contributed by atoms with Crippen molar-refractivity contribution in [2.24, 2.45) is 11.8 Å². The molecule has 3 rings (SSSR count). The van der Waals surface area contributed by atoms with Gasteiger partial charge in [0.15, 0.2) is 0 Å². The van der Waals surface area contributed by atoms with Gasteiger partial charge in [-0.1, -0.05) is 20.8 Å². The number of fused-ring (bicyclic) bond motifs is 1. The van der Waals surface area contributed by atoms with E-state index in [4.69, 9.17) is 0 Å². The van der Waals surface area contributed by atoms with Crippen LogP contribution in [-0.2, 0) is 14.8 Å². The van der Waals surface area contributed by atoms with E-state index in [1.54, 1.807) is 22.5 Å². The predicted octanol–water partition coefficient (Wildman–Crippen LogP) is 2.80. The Morgan fingerprint density at radius 2 is 1.87 bits per heavy atom. The molecule has 126 valence electrons. The lowest BCUT2D eigenvalue weighted by Gasteiger charge is -2.29. The molecular weight excluding hydrogens is 312 g/mol. The average molecular weight is 336 g/mol. The maximum atomic E-state index is 12.9. The number of nitrogens with zero attached hydrogens (tertiary/aromatic N) is 1. The van der Waals surface area contributed by atoms with E-state index in [1.807, 2.05) is 13.8 Å². The number of sulfonamides is 1. The number of rotatable bonds is 3. The van der Waals surface area contributed by atoms with Crippen LogP contribution >= 0.6 is 0 Å². The van der Waals surface area contributed by atoms with Gasteiger partial charge < -0.3 is 5.32 Å². The van der Waals surface area contributed by atoms with Crippen LogP contribution < -0.4 is 5.32 Å². The SMILES string of the molecule is CC1CCN(S(=O)(=O)c2ccc3c(c2)C(C(C)C)C(=O)N3)CC1. The highest BCUT2D eigenvalue weighted by molar-refractivity contribution is 7.89. The second-order valence-corrected chi connectivity index (χ2v) is 8.98. The molecule has 1 aromatic carbocycles. The molecule has 0 spiro atoms. The average Bonchev–Trinajstić information content (AvgIpc) is 2.82. The number of carbonyl (C=O) groups excluding carboxylic acids is 1. The van der Waals surface area contributed by atoms with Gasteiger partial charge in [0.1, 0.15) is 0 Å². The number of amides is 1. The molecule has 6 heteroatoms. The summed E-state index contributed by atoms with van der Waals surface area (Å²) in [4.78, 5) is 12.4. The van der Waals surface area contributed by atoms with E-state index in [2.05, 4.69) is 12.2 Å². The summed E-state index contributed by atoms with van der Waals surface area (Å²) in [6, 6.07) is 5.01. The van der Waals surface area contributed by atoms with Crippen molar-refractivity contribution in [3.63, 3.8) is 0 Å². The van der Waals surface area contributed by atoms with E-state index >= 15 is 0 Å². The fourth-order valence-corrected chi connectivity index (χ4v) is 4.97. The minimum Gasteiger partial charge on any atom is -0.325 e. The van der Waals surface area contributed by atoms with Crippen LogP contribution in [-0.4, -0.2) is 31.7 Å². The van der Waals surface area contributed by atoms with Gasteiger partial charge in [-0.05, 0) is 48.4 Å². The molecule has 0 bridgehead atoms. The lowest BCUT2D eigenvalue weighted by molar-refractivity contribution is -0.117. The van der Waals surface area contributed by atoms with Gasteiger partial charge in [-0.25, -0.2) is 8.42 Å². The van der Waals surface area contributed by atoms with Crippen molar-refractivity contribution in [2.45, 2.75) is 44.4 Å². The summed E-state index contributed by atoms with van der Waals surface area (Å²) in [5.41, 5.74) is 1.54. The number of anilines is 1. The zero-order valence-electron chi connectivity index (χ0n) is 13.9. The summed E-state index contributed by atoms with van der Waals surface area (Å²) in [7, 11) is -3.48. The molecule has 5 nitrogen and oxygen atoms in total. The summed E-state index contributed by atoms with van der Waals surface area (Å²) in [5, 5.41) is 2.85. The molecule has 0 aliphatic carbocycles. The summed E-state index contributed by atoms with van der Waals surface area (Å²) in [5.74, 6) is 0.386. The smallest absolute Gasteiger partial charge is 0.243 e. The molecule has 1 saturated heterocycles. The minimum absolute atomic E-state index is 0.0451. The van der Waals surface area contributed by atoms with Crippen molar-refractivity contribution in [1.29, 1.82) is 0 Å². The Morgan fingerprint density at radius 1 is 1.22 bits per heavy atom. The zero-order chi connectivity index (χ0) is 16.8. The van der Waals surface area contributed by atoms with Gasteiger partial charge in [0.2, 0.25) is 15.9 Å². The van der Waals surface area contributed by atoms with Crippen LogP contribution in [0.25, 0.3) is 0 Å². The van der Waals surface area contributed by atoms with Crippen LogP contribution in [0.2, 0.25) is 0 Å². The molecule has 0 radical (unpaired) electrons. The molecule has 1 amide bonds. The molecule has 23 heavy (non-hydrogen) atoms. The van der Waals surface area contributed by atoms with Crippen molar-refractivity contribution in [2.75, 3.05) is 18.4 Å². The van der Waals surface area contributed by atoms with E-state index < -0.39 is 10.0 Å². The highest BCUT2D eigenvalue weighted by atomic mass is 32.2. The molecule has 2 aliphatic heterocycles. The Balaban J connectivity index is 1.94. The van der Waals surface area contributed by atoms with Gasteiger partial charge in [-0.3, -0.25) is 4.79 Å². The van der Waals surface area contributed by atoms with E-state index in [1.165, 1.54) is 0 Å². The molecule has 1 unspecified atom stereocenters. The predicted molar refractivity (Wildman–Crippen MR) is 89.8 cm³/mol. The minimum atomic E-state index is -3.48. The summed E-state index contributed by atoms with van der Waals surface area (Å²) < 4.78 is 27.3. The first-order valence-electron chi connectivity index (χ1n) is 8.25. The highest BCUT2D eigenvalue weighted by Crippen LogP contribution is 2.39. The first kappa shape index (κ1) is 16.5. The number of hydrogen-bond acceptors (Lipinski definition) is 3. The van der Waals surface area contributed by atoms with Gasteiger partial charge in [-0.15, -0.1) is 0 Å². The Labute approximate surface area is 138 Å². The van der Waals surface area contributed by atoms with Crippen molar-refractivity contribution >= 4 is 21.6 Å². The van der Waals surface area contributed by atoms with Gasteiger partial charge >= 0.3 is 0 Å². The maximum Gasteiger partial charge on any atom is 0.243 e. The standard InChI is InChI=1S/C17H24N2O3S/c1-11(2)16-14-10-13(4-5-15(14)18-17(16)20)23(21,22)19-8-6-12(3)7-9-19/h4-5,10-12,16H,6-9H2,1-3H3,(H,18,20). The van der Waals surface area contributed by atoms with Gasteiger partial charge in [0.25, 0.3) is 0 Å². The molecule has 0 aromatic heterocycles. The van der Waals surface area contributed by atoms with Crippen LogP contribution in [0.5, 0.6) is 0 Å². The lowest BCUT2D eigenvalue weighted by atomic mass is 9.90. The van der Waals surface area contributed by atoms with E-state index in [0.29, 0.717) is 23.9 Å². The van der Waals surface area contributed by atoms with E-state index in [9.17, 15) is 13.2 Å². The lowest BCUT2D eigenvalue weighted by Crippen LogP contribution is -2.37. The second kappa shape index (κ2) is 5.91. The molecule has 0 saturated carbocycles. The number of nitrogens with one attached hydrogen (secondary N) is 1. The Bertz CT molecular complexity index is 719. The Kier molecular flexibility index (Phi) is 4.23. The fourth-order valence-electron chi connectivity index (χ4n) is 3.46. The highest BCUT2D eigenvalue weighted by Gasteiger charge is 2.35. The topological polar surface area (TPSA) is 66.5 Å². The van der Waals surface area contributed by atoms with Gasteiger partial charge in [0, 0.05) is 18.8 Å². The molecule has 1 aromatic rings. The fraction of sp³-hybridized carbons (Fsp3) is 0.588. The summed E-state index contributed by atoms with van der Waals surface area (Å²) in [6.45, 7) is 7.26. The first-order valence-corrected chi connectivity index (χ1v) is 9.69. The number of benzene rings is 1. The molecule has 2 aliphatic rings. The molecule has 1 N–H and O–H groups in total. The summed E-state index contributed by atoms with van der Waals surface area (Å²) >= 11 is 0. The van der Waals surface area contributed by atoms with Gasteiger partial charge in [0.05, 0.1) is 10.8 Å². The Hall–Kier alpha value is -1.40. The normalized spacial score (nSPS) is 23.1. The van der Waals surface area contributed by atoms with Crippen LogP contribution in [0.15, 0.2) is 23.1 Å². The number of piperidine rings is 1. The monoisotopic (exact) mass is 336 g/mol. The van der Waals surface area contributed by atoms with E-state index in [0.717, 1.165) is 24.1 Å². The first-order chi connectivity index (χ1) is 10.8. The summed E-state index contributed by atoms with van der Waals surface area (Å²) in [6.07, 6.45) is 1.80. The number of hydrogen-bond donors (Lipinski definition) is 1. The van der Waals surface area contributed by atoms with Crippen molar-refractivity contribution in [1.82, 2.24) is 4.31 Å². The quantitative estimate of drug-likeness (QED) is 0.923. The van der Waals surface area contributed by atoms with Crippen LogP contribution in [0.1, 0.15) is 45.1 Å².